The zero-order valence-electron chi connectivity index (χ0n) is 6.55. The fourth-order valence-corrected chi connectivity index (χ4v) is 1.57. The molecule has 3 heteroatoms. The Labute approximate surface area is 67.2 Å². The zero-order chi connectivity index (χ0) is 7.82. The first-order chi connectivity index (χ1) is 4.81. The summed E-state index contributed by atoms with van der Waals surface area (Å²) < 4.78 is 0. The van der Waals surface area contributed by atoms with E-state index in [1.807, 2.05) is 6.92 Å². The highest BCUT2D eigenvalue weighted by Crippen LogP contribution is 2.05. The number of thioether (sulfide) groups is 1. The van der Waals surface area contributed by atoms with E-state index < -0.39 is 0 Å². The maximum absolute atomic E-state index is 9.11. The maximum atomic E-state index is 9.11. The van der Waals surface area contributed by atoms with Gasteiger partial charge in [0, 0.05) is 5.75 Å². The molecular formula is C7H17NOS. The Morgan fingerprint density at radius 3 is 2.80 bits per heavy atom. The summed E-state index contributed by atoms with van der Waals surface area (Å²) in [6.45, 7) is 2.75. The summed E-state index contributed by atoms with van der Waals surface area (Å²) in [7, 11) is 0. The van der Waals surface area contributed by atoms with Gasteiger partial charge in [0.25, 0.3) is 0 Å². The Hall–Kier alpha value is 0.270. The highest BCUT2D eigenvalue weighted by Gasteiger charge is 1.98. The van der Waals surface area contributed by atoms with Crippen molar-refractivity contribution in [3.8, 4) is 0 Å². The molecule has 0 radical (unpaired) electrons. The molecule has 10 heavy (non-hydrogen) atoms. The van der Waals surface area contributed by atoms with Crippen molar-refractivity contribution in [3.63, 3.8) is 0 Å². The van der Waals surface area contributed by atoms with Gasteiger partial charge < -0.3 is 10.8 Å². The summed E-state index contributed by atoms with van der Waals surface area (Å²) >= 11 is 1.78. The second kappa shape index (κ2) is 7.38. The lowest BCUT2D eigenvalue weighted by Crippen LogP contribution is -2.08. The van der Waals surface area contributed by atoms with Crippen molar-refractivity contribution in [3.05, 3.63) is 0 Å². The lowest BCUT2D eigenvalue weighted by atomic mass is 10.3. The number of aliphatic hydroxyl groups is 1. The second-order valence-corrected chi connectivity index (χ2v) is 3.43. The lowest BCUT2D eigenvalue weighted by Gasteiger charge is -2.05. The number of hydrogen-bond donors (Lipinski definition) is 2. The van der Waals surface area contributed by atoms with E-state index in [2.05, 4.69) is 0 Å². The van der Waals surface area contributed by atoms with Gasteiger partial charge >= 0.3 is 0 Å². The molecule has 0 aliphatic carbocycles. The molecule has 0 amide bonds. The van der Waals surface area contributed by atoms with Crippen molar-refractivity contribution in [1.82, 2.24) is 0 Å². The van der Waals surface area contributed by atoms with Crippen LogP contribution in [0.2, 0.25) is 0 Å². The fourth-order valence-electron chi connectivity index (χ4n) is 0.523. The van der Waals surface area contributed by atoms with Gasteiger partial charge in [-0.2, -0.15) is 11.8 Å². The molecule has 0 heterocycles. The third-order valence-electron chi connectivity index (χ3n) is 1.27. The van der Waals surface area contributed by atoms with E-state index in [1.54, 1.807) is 11.8 Å². The van der Waals surface area contributed by atoms with Crippen LogP contribution in [0.15, 0.2) is 0 Å². The summed E-state index contributed by atoms with van der Waals surface area (Å²) in [6, 6.07) is 0. The van der Waals surface area contributed by atoms with Gasteiger partial charge in [0.05, 0.1) is 6.10 Å². The zero-order valence-corrected chi connectivity index (χ0v) is 7.36. The minimum Gasteiger partial charge on any atom is -0.392 e. The SMILES string of the molecule is CCC(O)CSCCCN. The van der Waals surface area contributed by atoms with Gasteiger partial charge in [0.15, 0.2) is 0 Å². The van der Waals surface area contributed by atoms with Gasteiger partial charge in [-0.15, -0.1) is 0 Å². The van der Waals surface area contributed by atoms with Gasteiger partial charge in [-0.05, 0) is 25.1 Å². The topological polar surface area (TPSA) is 46.2 Å². The van der Waals surface area contributed by atoms with Crippen LogP contribution in [0, 0.1) is 0 Å². The van der Waals surface area contributed by atoms with E-state index in [9.17, 15) is 0 Å². The summed E-state index contributed by atoms with van der Waals surface area (Å²) in [4.78, 5) is 0. The van der Waals surface area contributed by atoms with Gasteiger partial charge in [0.1, 0.15) is 0 Å². The van der Waals surface area contributed by atoms with E-state index in [0.717, 1.165) is 30.9 Å². The van der Waals surface area contributed by atoms with E-state index in [1.165, 1.54) is 0 Å². The van der Waals surface area contributed by atoms with E-state index in [0.29, 0.717) is 0 Å². The second-order valence-electron chi connectivity index (χ2n) is 2.28. The predicted octanol–water partition coefficient (Wildman–Crippen LogP) is 0.839. The van der Waals surface area contributed by atoms with Crippen molar-refractivity contribution in [2.24, 2.45) is 5.73 Å². The van der Waals surface area contributed by atoms with Gasteiger partial charge in [0.2, 0.25) is 0 Å². The van der Waals surface area contributed by atoms with Crippen LogP contribution in [-0.4, -0.2) is 29.3 Å². The average Bonchev–Trinajstić information content (AvgIpc) is 1.98. The standard InChI is InChI=1S/C7H17NOS/c1-2-7(9)6-10-5-3-4-8/h7,9H,2-6,8H2,1H3. The van der Waals surface area contributed by atoms with Crippen LogP contribution in [0.3, 0.4) is 0 Å². The normalized spacial score (nSPS) is 13.5. The average molecular weight is 163 g/mol. The van der Waals surface area contributed by atoms with Crippen LogP contribution < -0.4 is 5.73 Å². The maximum Gasteiger partial charge on any atom is 0.0628 e. The molecular weight excluding hydrogens is 146 g/mol. The molecule has 0 saturated heterocycles. The van der Waals surface area contributed by atoms with Crippen molar-refractivity contribution in [1.29, 1.82) is 0 Å². The van der Waals surface area contributed by atoms with Crippen LogP contribution in [0.4, 0.5) is 0 Å². The molecule has 2 nitrogen and oxygen atoms in total. The minimum atomic E-state index is -0.122. The number of rotatable bonds is 6. The molecule has 0 saturated carbocycles. The first kappa shape index (κ1) is 10.3. The summed E-state index contributed by atoms with van der Waals surface area (Å²) in [6.07, 6.45) is 1.79. The molecule has 0 aromatic rings. The Morgan fingerprint density at radius 1 is 1.60 bits per heavy atom. The molecule has 0 aliphatic heterocycles. The third kappa shape index (κ3) is 6.39. The van der Waals surface area contributed by atoms with Gasteiger partial charge in [-0.1, -0.05) is 6.92 Å². The molecule has 62 valence electrons. The fraction of sp³-hybridized carbons (Fsp3) is 1.00. The van der Waals surface area contributed by atoms with Crippen molar-refractivity contribution in [2.45, 2.75) is 25.9 Å². The van der Waals surface area contributed by atoms with E-state index in [4.69, 9.17) is 10.8 Å². The van der Waals surface area contributed by atoms with Crippen LogP contribution >= 0.6 is 11.8 Å². The quantitative estimate of drug-likeness (QED) is 0.570. The highest BCUT2D eigenvalue weighted by molar-refractivity contribution is 7.99. The Balaban J connectivity index is 2.89. The highest BCUT2D eigenvalue weighted by atomic mass is 32.2. The van der Waals surface area contributed by atoms with Gasteiger partial charge in [-0.3, -0.25) is 0 Å². The number of aliphatic hydroxyl groups excluding tert-OH is 1. The van der Waals surface area contributed by atoms with E-state index in [-0.39, 0.29) is 6.10 Å². The number of hydrogen-bond acceptors (Lipinski definition) is 3. The predicted molar refractivity (Wildman–Crippen MR) is 47.3 cm³/mol. The summed E-state index contributed by atoms with van der Waals surface area (Å²) in [5.74, 6) is 1.93. The van der Waals surface area contributed by atoms with Crippen LogP contribution in [0.25, 0.3) is 0 Å². The summed E-state index contributed by atoms with van der Waals surface area (Å²) in [5, 5.41) is 9.11. The monoisotopic (exact) mass is 163 g/mol. The Kier molecular flexibility index (Phi) is 7.58. The molecule has 0 spiro atoms. The molecule has 1 unspecified atom stereocenters. The lowest BCUT2D eigenvalue weighted by molar-refractivity contribution is 0.195. The van der Waals surface area contributed by atoms with Crippen LogP contribution in [0.1, 0.15) is 19.8 Å². The molecule has 0 aromatic carbocycles. The van der Waals surface area contributed by atoms with Crippen molar-refractivity contribution < 1.29 is 5.11 Å². The van der Waals surface area contributed by atoms with Gasteiger partial charge in [-0.25, -0.2) is 0 Å². The molecule has 0 aromatic heterocycles. The van der Waals surface area contributed by atoms with Crippen molar-refractivity contribution in [2.75, 3.05) is 18.1 Å². The molecule has 3 N–H and O–H groups in total. The molecule has 0 aliphatic rings. The smallest absolute Gasteiger partial charge is 0.0628 e. The molecule has 0 fully saturated rings. The first-order valence-electron chi connectivity index (χ1n) is 3.77. The molecule has 0 rings (SSSR count). The Morgan fingerprint density at radius 2 is 2.30 bits per heavy atom. The van der Waals surface area contributed by atoms with Crippen LogP contribution in [-0.2, 0) is 0 Å². The van der Waals surface area contributed by atoms with Crippen LogP contribution in [0.5, 0.6) is 0 Å². The third-order valence-corrected chi connectivity index (χ3v) is 2.47. The number of nitrogens with two attached hydrogens (primary N) is 1. The Bertz CT molecular complexity index is 70.6. The molecule has 0 bridgehead atoms. The first-order valence-corrected chi connectivity index (χ1v) is 4.92. The van der Waals surface area contributed by atoms with Crippen molar-refractivity contribution >= 4 is 11.8 Å². The summed E-state index contributed by atoms with van der Waals surface area (Å²) in [5.41, 5.74) is 5.30. The molecule has 1 atom stereocenters. The minimum absolute atomic E-state index is 0.122. The largest absolute Gasteiger partial charge is 0.392 e. The van der Waals surface area contributed by atoms with E-state index >= 15 is 0 Å².